The Labute approximate surface area is 173 Å². The van der Waals surface area contributed by atoms with Gasteiger partial charge in [0.1, 0.15) is 11.4 Å². The second-order valence-electron chi connectivity index (χ2n) is 6.88. The van der Waals surface area contributed by atoms with Crippen LogP contribution in [0.3, 0.4) is 0 Å². The number of sulfonamides is 1. The Kier molecular flexibility index (Phi) is 4.84. The van der Waals surface area contributed by atoms with Gasteiger partial charge >= 0.3 is 5.97 Å². The van der Waals surface area contributed by atoms with Gasteiger partial charge in [-0.2, -0.15) is 0 Å². The molecule has 1 unspecified atom stereocenters. The van der Waals surface area contributed by atoms with E-state index in [1.165, 1.54) is 6.07 Å². The molecule has 0 spiro atoms. The van der Waals surface area contributed by atoms with Crippen LogP contribution in [0.2, 0.25) is 0 Å². The number of nitrogens with one attached hydrogen (secondary N) is 1. The SMILES string of the molecule is CC1=C(NS(=O)(=O)c2cccc3cccnc23)C2CC(Cl)=CC=C2N1CC(=O)O. The highest BCUT2D eigenvalue weighted by molar-refractivity contribution is 7.89. The molecule has 1 atom stereocenters. The number of fused-ring (bicyclic) bond motifs is 2. The Morgan fingerprint density at radius 2 is 2.07 bits per heavy atom. The number of carbonyl (C=O) groups is 1. The third kappa shape index (κ3) is 3.49. The van der Waals surface area contributed by atoms with Crippen molar-refractivity contribution >= 4 is 38.5 Å². The highest BCUT2D eigenvalue weighted by Gasteiger charge is 2.38. The van der Waals surface area contributed by atoms with Gasteiger partial charge in [-0.15, -0.1) is 0 Å². The first-order chi connectivity index (χ1) is 13.8. The van der Waals surface area contributed by atoms with Crippen molar-refractivity contribution in [3.05, 3.63) is 70.8 Å². The first-order valence-electron chi connectivity index (χ1n) is 8.91. The number of carboxylic acids is 1. The molecule has 0 amide bonds. The molecule has 1 aromatic carbocycles. The molecule has 1 aromatic heterocycles. The number of carboxylic acid groups (broad SMARTS) is 1. The van der Waals surface area contributed by atoms with Crippen LogP contribution in [0.1, 0.15) is 13.3 Å². The van der Waals surface area contributed by atoms with Crippen LogP contribution in [0.5, 0.6) is 0 Å². The van der Waals surface area contributed by atoms with Crippen LogP contribution in [-0.4, -0.2) is 35.9 Å². The largest absolute Gasteiger partial charge is 0.480 e. The summed E-state index contributed by atoms with van der Waals surface area (Å²) in [5, 5.41) is 10.6. The number of hydrogen-bond donors (Lipinski definition) is 2. The van der Waals surface area contributed by atoms with Crippen LogP contribution in [-0.2, 0) is 14.8 Å². The number of para-hydroxylation sites is 1. The second kappa shape index (κ2) is 7.20. The Morgan fingerprint density at radius 3 is 2.83 bits per heavy atom. The molecule has 1 aliphatic heterocycles. The van der Waals surface area contributed by atoms with E-state index < -0.39 is 16.0 Å². The maximum Gasteiger partial charge on any atom is 0.323 e. The Bertz CT molecular complexity index is 1210. The lowest BCUT2D eigenvalue weighted by molar-refractivity contribution is -0.137. The zero-order chi connectivity index (χ0) is 20.8. The van der Waals surface area contributed by atoms with Crippen LogP contribution >= 0.6 is 11.6 Å². The van der Waals surface area contributed by atoms with E-state index in [2.05, 4.69) is 9.71 Å². The van der Waals surface area contributed by atoms with Gasteiger partial charge in [-0.05, 0) is 37.6 Å². The summed E-state index contributed by atoms with van der Waals surface area (Å²) < 4.78 is 29.2. The molecule has 2 N–H and O–H groups in total. The standard InChI is InChI=1S/C20H18ClN3O4S/c1-12-19(15-10-14(21)7-8-16(15)24(12)11-18(25)26)23-29(27,28)17-6-2-4-13-5-3-9-22-20(13)17/h2-9,15,23H,10-11H2,1H3,(H,25,26). The smallest absolute Gasteiger partial charge is 0.323 e. The van der Waals surface area contributed by atoms with Crippen molar-refractivity contribution < 1.29 is 18.3 Å². The molecular weight excluding hydrogens is 414 g/mol. The Morgan fingerprint density at radius 1 is 1.31 bits per heavy atom. The molecule has 0 fully saturated rings. The highest BCUT2D eigenvalue weighted by atomic mass is 35.5. The van der Waals surface area contributed by atoms with E-state index in [1.54, 1.807) is 54.4 Å². The van der Waals surface area contributed by atoms with Gasteiger partial charge in [-0.1, -0.05) is 29.8 Å². The van der Waals surface area contributed by atoms with Crippen molar-refractivity contribution in [1.82, 2.24) is 14.6 Å². The summed E-state index contributed by atoms with van der Waals surface area (Å²) >= 11 is 6.19. The third-order valence-corrected chi connectivity index (χ3v) is 6.75. The van der Waals surface area contributed by atoms with E-state index in [1.807, 2.05) is 0 Å². The van der Waals surface area contributed by atoms with Crippen molar-refractivity contribution in [2.45, 2.75) is 18.2 Å². The zero-order valence-electron chi connectivity index (χ0n) is 15.5. The summed E-state index contributed by atoms with van der Waals surface area (Å²) in [5.41, 5.74) is 2.05. The maximum atomic E-state index is 13.2. The topological polar surface area (TPSA) is 99.6 Å². The predicted octanol–water partition coefficient (Wildman–Crippen LogP) is 3.17. The van der Waals surface area contributed by atoms with Gasteiger partial charge in [0.2, 0.25) is 0 Å². The number of aromatic nitrogens is 1. The van der Waals surface area contributed by atoms with E-state index in [0.29, 0.717) is 39.4 Å². The lowest BCUT2D eigenvalue weighted by Crippen LogP contribution is -2.28. The maximum absolute atomic E-state index is 13.2. The first-order valence-corrected chi connectivity index (χ1v) is 10.8. The van der Waals surface area contributed by atoms with E-state index in [-0.39, 0.29) is 17.4 Å². The summed E-state index contributed by atoms with van der Waals surface area (Å²) in [4.78, 5) is 17.2. The van der Waals surface area contributed by atoms with Crippen LogP contribution in [0.25, 0.3) is 10.9 Å². The molecule has 0 radical (unpaired) electrons. The van der Waals surface area contributed by atoms with E-state index in [0.717, 1.165) is 0 Å². The fourth-order valence-corrected chi connectivity index (χ4v) is 5.35. The monoisotopic (exact) mass is 431 g/mol. The third-order valence-electron chi connectivity index (χ3n) is 5.07. The molecule has 0 bridgehead atoms. The second-order valence-corrected chi connectivity index (χ2v) is 9.01. The fourth-order valence-electron chi connectivity index (χ4n) is 3.76. The van der Waals surface area contributed by atoms with Crippen LogP contribution in [0.15, 0.2) is 75.7 Å². The molecule has 2 heterocycles. The zero-order valence-corrected chi connectivity index (χ0v) is 17.0. The van der Waals surface area contributed by atoms with E-state index in [4.69, 9.17) is 11.6 Å². The number of hydrogen-bond acceptors (Lipinski definition) is 5. The van der Waals surface area contributed by atoms with Crippen molar-refractivity contribution in [2.75, 3.05) is 6.54 Å². The molecule has 2 aliphatic rings. The van der Waals surface area contributed by atoms with Gasteiger partial charge < -0.3 is 10.0 Å². The Balaban J connectivity index is 1.77. The van der Waals surface area contributed by atoms with Crippen molar-refractivity contribution in [3.63, 3.8) is 0 Å². The summed E-state index contributed by atoms with van der Waals surface area (Å²) in [5.74, 6) is -1.36. The minimum Gasteiger partial charge on any atom is -0.480 e. The molecule has 7 nitrogen and oxygen atoms in total. The summed E-state index contributed by atoms with van der Waals surface area (Å²) in [6.07, 6.45) is 5.39. The number of allylic oxidation sites excluding steroid dienone is 4. The number of rotatable bonds is 5. The number of pyridine rings is 1. The molecule has 2 aromatic rings. The lowest BCUT2D eigenvalue weighted by atomic mass is 9.96. The predicted molar refractivity (Wildman–Crippen MR) is 109 cm³/mol. The van der Waals surface area contributed by atoms with Gasteiger partial charge in [0.25, 0.3) is 10.0 Å². The molecule has 4 rings (SSSR count). The Hall–Kier alpha value is -2.84. The van der Waals surface area contributed by atoms with Gasteiger partial charge in [0, 0.05) is 33.9 Å². The van der Waals surface area contributed by atoms with E-state index in [9.17, 15) is 18.3 Å². The molecule has 1 aliphatic carbocycles. The van der Waals surface area contributed by atoms with Crippen LogP contribution < -0.4 is 4.72 Å². The summed E-state index contributed by atoms with van der Waals surface area (Å²) in [7, 11) is -3.96. The van der Waals surface area contributed by atoms with Gasteiger partial charge in [0.15, 0.2) is 0 Å². The van der Waals surface area contributed by atoms with Gasteiger partial charge in [-0.3, -0.25) is 14.5 Å². The van der Waals surface area contributed by atoms with Gasteiger partial charge in [0.05, 0.1) is 11.2 Å². The molecule has 9 heteroatoms. The summed E-state index contributed by atoms with van der Waals surface area (Å²) in [6.45, 7) is 1.44. The quantitative estimate of drug-likeness (QED) is 0.754. The van der Waals surface area contributed by atoms with Crippen LogP contribution in [0, 0.1) is 5.92 Å². The molecule has 29 heavy (non-hydrogen) atoms. The first kappa shape index (κ1) is 19.5. The number of halogens is 1. The molecular formula is C20H18ClN3O4S. The van der Waals surface area contributed by atoms with Crippen LogP contribution in [0.4, 0.5) is 0 Å². The van der Waals surface area contributed by atoms with E-state index >= 15 is 0 Å². The van der Waals surface area contributed by atoms with Crippen molar-refractivity contribution in [2.24, 2.45) is 5.92 Å². The van der Waals surface area contributed by atoms with Crippen molar-refractivity contribution in [3.8, 4) is 0 Å². The normalized spacial score (nSPS) is 19.1. The number of benzene rings is 1. The number of aliphatic carboxylic acids is 1. The minimum absolute atomic E-state index is 0.0653. The lowest BCUT2D eigenvalue weighted by Gasteiger charge is -2.24. The van der Waals surface area contributed by atoms with Crippen molar-refractivity contribution in [1.29, 1.82) is 0 Å². The average Bonchev–Trinajstić information content (AvgIpc) is 2.92. The highest BCUT2D eigenvalue weighted by Crippen LogP contribution is 2.42. The average molecular weight is 432 g/mol. The molecule has 150 valence electrons. The molecule has 0 saturated heterocycles. The fraction of sp³-hybridized carbons (Fsp3) is 0.200. The minimum atomic E-state index is -3.96. The summed E-state index contributed by atoms with van der Waals surface area (Å²) in [6, 6.07) is 8.50. The molecule has 0 saturated carbocycles. The number of nitrogens with zero attached hydrogens (tertiary/aromatic N) is 2. The van der Waals surface area contributed by atoms with Gasteiger partial charge in [-0.25, -0.2) is 8.42 Å².